The Labute approximate surface area is 309 Å². The van der Waals surface area contributed by atoms with E-state index in [0.29, 0.717) is 56.5 Å². The minimum atomic E-state index is -1.09. The van der Waals surface area contributed by atoms with E-state index in [9.17, 15) is 19.2 Å². The lowest BCUT2D eigenvalue weighted by Gasteiger charge is -2.43. The highest BCUT2D eigenvalue weighted by Gasteiger charge is 2.49. The van der Waals surface area contributed by atoms with E-state index >= 15 is 0 Å². The number of ether oxygens (including phenoxy) is 2. The molecule has 0 unspecified atom stereocenters. The summed E-state index contributed by atoms with van der Waals surface area (Å²) >= 11 is 0. The number of likely N-dealkylation sites (tertiary alicyclic amines) is 1. The average molecular weight is 722 g/mol. The first kappa shape index (κ1) is 40.5. The van der Waals surface area contributed by atoms with Crippen LogP contribution in [0.15, 0.2) is 78.9 Å². The van der Waals surface area contributed by atoms with Crippen LogP contribution in [0.4, 0.5) is 0 Å². The predicted molar refractivity (Wildman–Crippen MR) is 204 cm³/mol. The Bertz CT molecular complexity index is 1610. The van der Waals surface area contributed by atoms with Gasteiger partial charge in [-0.15, -0.1) is 0 Å². The number of para-hydroxylation sites is 1. The maximum Gasteiger partial charge on any atom is 0.328 e. The van der Waals surface area contributed by atoms with Gasteiger partial charge in [0.25, 0.3) is 5.91 Å². The Kier molecular flexibility index (Phi) is 14.8. The molecule has 0 aromatic heterocycles. The standard InChI is InChI=1S/C39H47N3O6.2H2S/c1-5-48-37(45)33(25-26(2)3)41-38(46)39(27-13-7-6-8-14-27)22-19-30(29-15-9-11-17-32(29)39)36(44)42-23-20-28(21-24-42)40-35(43)31-16-10-12-18-34(31)47-4;;/h6-18,26,28,30,33H,5,19-25H2,1-4H3,(H,40,43)(H,41,46);2*1H2/t30-,33-,39+;;/m0../s1. The molecule has 0 bridgehead atoms. The van der Waals surface area contributed by atoms with E-state index in [4.69, 9.17) is 9.47 Å². The smallest absolute Gasteiger partial charge is 0.328 e. The van der Waals surface area contributed by atoms with Crippen molar-refractivity contribution in [3.8, 4) is 5.75 Å². The van der Waals surface area contributed by atoms with Crippen LogP contribution in [-0.4, -0.2) is 67.5 Å². The second kappa shape index (κ2) is 18.3. The van der Waals surface area contributed by atoms with Gasteiger partial charge in [-0.05, 0) is 73.8 Å². The third-order valence-corrected chi connectivity index (χ3v) is 9.63. The number of carbonyl (C=O) groups excluding carboxylic acids is 4. The zero-order valence-electron chi connectivity index (χ0n) is 29.4. The van der Waals surface area contributed by atoms with Crippen molar-refractivity contribution in [2.24, 2.45) is 5.92 Å². The molecule has 0 spiro atoms. The van der Waals surface area contributed by atoms with Gasteiger partial charge in [-0.1, -0.05) is 80.6 Å². The number of nitrogens with one attached hydrogen (secondary N) is 2. The molecule has 0 saturated carbocycles. The van der Waals surface area contributed by atoms with Crippen LogP contribution >= 0.6 is 27.0 Å². The van der Waals surface area contributed by atoms with Crippen LogP contribution in [0.3, 0.4) is 0 Å². The van der Waals surface area contributed by atoms with Crippen molar-refractivity contribution in [1.29, 1.82) is 0 Å². The summed E-state index contributed by atoms with van der Waals surface area (Å²) in [4.78, 5) is 56.6. The maximum absolute atomic E-state index is 14.6. The van der Waals surface area contributed by atoms with Gasteiger partial charge in [0.1, 0.15) is 11.8 Å². The first-order valence-corrected chi connectivity index (χ1v) is 17.0. The van der Waals surface area contributed by atoms with Gasteiger partial charge in [-0.3, -0.25) is 14.4 Å². The summed E-state index contributed by atoms with van der Waals surface area (Å²) in [5, 5.41) is 6.19. The van der Waals surface area contributed by atoms with E-state index in [1.165, 1.54) is 0 Å². The van der Waals surface area contributed by atoms with Gasteiger partial charge < -0.3 is 25.0 Å². The number of carbonyl (C=O) groups is 4. The molecule has 3 atom stereocenters. The summed E-state index contributed by atoms with van der Waals surface area (Å²) in [6.45, 7) is 7.05. The molecule has 1 aliphatic heterocycles. The number of methoxy groups -OCH3 is 1. The van der Waals surface area contributed by atoms with Crippen molar-refractivity contribution >= 4 is 50.7 Å². The predicted octanol–water partition coefficient (Wildman–Crippen LogP) is 5.60. The average Bonchev–Trinajstić information content (AvgIpc) is 3.11. The van der Waals surface area contributed by atoms with Gasteiger partial charge in [0.2, 0.25) is 11.8 Å². The van der Waals surface area contributed by atoms with Crippen LogP contribution in [0.25, 0.3) is 0 Å². The van der Waals surface area contributed by atoms with Gasteiger partial charge in [-0.2, -0.15) is 27.0 Å². The second-order valence-electron chi connectivity index (χ2n) is 13.1. The van der Waals surface area contributed by atoms with Gasteiger partial charge in [0, 0.05) is 19.1 Å². The lowest BCUT2D eigenvalue weighted by atomic mass is 9.62. The molecule has 9 nitrogen and oxygen atoms in total. The molecule has 1 heterocycles. The molecule has 50 heavy (non-hydrogen) atoms. The van der Waals surface area contributed by atoms with E-state index in [0.717, 1.165) is 16.7 Å². The number of rotatable bonds is 11. The summed E-state index contributed by atoms with van der Waals surface area (Å²) in [6.07, 6.45) is 2.61. The molecule has 2 N–H and O–H groups in total. The highest BCUT2D eigenvalue weighted by molar-refractivity contribution is 7.59. The van der Waals surface area contributed by atoms with E-state index in [1.807, 2.05) is 79.4 Å². The molecular formula is C39H51N3O6S2. The Balaban J connectivity index is 0.00000338. The quantitative estimate of drug-likeness (QED) is 0.250. The van der Waals surface area contributed by atoms with Crippen molar-refractivity contribution < 1.29 is 28.7 Å². The highest BCUT2D eigenvalue weighted by Crippen LogP contribution is 2.48. The molecule has 270 valence electrons. The molecule has 3 aromatic carbocycles. The number of nitrogens with zero attached hydrogens (tertiary/aromatic N) is 1. The van der Waals surface area contributed by atoms with E-state index in [1.54, 1.807) is 32.2 Å². The second-order valence-corrected chi connectivity index (χ2v) is 13.1. The molecule has 3 aromatic rings. The third kappa shape index (κ3) is 8.66. The van der Waals surface area contributed by atoms with Gasteiger partial charge >= 0.3 is 5.97 Å². The fourth-order valence-electron chi connectivity index (χ4n) is 7.26. The van der Waals surface area contributed by atoms with Crippen molar-refractivity contribution in [3.05, 3.63) is 101 Å². The Hall–Kier alpha value is -3.96. The molecule has 1 aliphatic carbocycles. The van der Waals surface area contributed by atoms with Crippen LogP contribution in [-0.2, 0) is 24.5 Å². The number of fused-ring (bicyclic) bond motifs is 1. The molecule has 0 radical (unpaired) electrons. The summed E-state index contributed by atoms with van der Waals surface area (Å²) in [5.74, 6) is -0.598. The van der Waals surface area contributed by atoms with Crippen molar-refractivity contribution in [2.45, 2.75) is 76.3 Å². The first-order valence-electron chi connectivity index (χ1n) is 17.0. The van der Waals surface area contributed by atoms with Crippen LogP contribution in [0.5, 0.6) is 5.75 Å². The lowest BCUT2D eigenvalue weighted by molar-refractivity contribution is -0.148. The maximum atomic E-state index is 14.6. The topological polar surface area (TPSA) is 114 Å². The molecule has 1 fully saturated rings. The van der Waals surface area contributed by atoms with Crippen LogP contribution in [0.2, 0.25) is 0 Å². The zero-order valence-corrected chi connectivity index (χ0v) is 31.4. The summed E-state index contributed by atoms with van der Waals surface area (Å²) in [6, 6.07) is 23.7. The lowest BCUT2D eigenvalue weighted by Crippen LogP contribution is -2.54. The minimum Gasteiger partial charge on any atom is -0.496 e. The summed E-state index contributed by atoms with van der Waals surface area (Å²) in [7, 11) is 1.54. The summed E-state index contributed by atoms with van der Waals surface area (Å²) in [5.41, 5.74) is 1.83. The van der Waals surface area contributed by atoms with Crippen LogP contribution < -0.4 is 15.4 Å². The van der Waals surface area contributed by atoms with Crippen molar-refractivity contribution in [1.82, 2.24) is 15.5 Å². The monoisotopic (exact) mass is 721 g/mol. The van der Waals surface area contributed by atoms with Crippen molar-refractivity contribution in [3.63, 3.8) is 0 Å². The number of amides is 3. The van der Waals surface area contributed by atoms with Gasteiger partial charge in [-0.25, -0.2) is 4.79 Å². The number of hydrogen-bond acceptors (Lipinski definition) is 6. The normalized spacial score (nSPS) is 19.1. The molecule has 11 heteroatoms. The molecule has 5 rings (SSSR count). The van der Waals surface area contributed by atoms with E-state index < -0.39 is 23.3 Å². The summed E-state index contributed by atoms with van der Waals surface area (Å²) < 4.78 is 10.7. The first-order chi connectivity index (χ1) is 23.2. The van der Waals surface area contributed by atoms with E-state index in [-0.39, 0.29) is 63.3 Å². The molecule has 1 saturated heterocycles. The molecule has 3 amide bonds. The highest BCUT2D eigenvalue weighted by atomic mass is 32.1. The third-order valence-electron chi connectivity index (χ3n) is 9.63. The van der Waals surface area contributed by atoms with E-state index in [2.05, 4.69) is 10.6 Å². The zero-order chi connectivity index (χ0) is 34.3. The Morgan fingerprint density at radius 3 is 2.18 bits per heavy atom. The van der Waals surface area contributed by atoms with Crippen LogP contribution in [0.1, 0.15) is 85.8 Å². The van der Waals surface area contributed by atoms with Gasteiger partial charge in [0.15, 0.2) is 0 Å². The largest absolute Gasteiger partial charge is 0.496 e. The Morgan fingerprint density at radius 2 is 1.52 bits per heavy atom. The van der Waals surface area contributed by atoms with Crippen LogP contribution in [0, 0.1) is 5.92 Å². The number of esters is 1. The molecular weight excluding hydrogens is 671 g/mol. The molecule has 2 aliphatic rings. The van der Waals surface area contributed by atoms with Gasteiger partial charge in [0.05, 0.1) is 30.6 Å². The number of benzene rings is 3. The fraction of sp³-hybridized carbons (Fsp3) is 0.436. The Morgan fingerprint density at radius 1 is 0.880 bits per heavy atom. The minimum absolute atomic E-state index is 0. The number of piperidine rings is 1. The number of hydrogen-bond donors (Lipinski definition) is 2. The fourth-order valence-corrected chi connectivity index (χ4v) is 7.26. The SMILES string of the molecule is CCOC(=O)[C@H](CC(C)C)NC(=O)[C@@]1(c2ccccc2)CC[C@H](C(=O)N2CCC(NC(=O)c3ccccc3OC)CC2)c2ccccc21.S.S. The van der Waals surface area contributed by atoms with Crippen molar-refractivity contribution in [2.75, 3.05) is 26.8 Å².